The summed E-state index contributed by atoms with van der Waals surface area (Å²) in [5, 5.41) is 3.93. The van der Waals surface area contributed by atoms with E-state index in [1.54, 1.807) is 32.4 Å². The van der Waals surface area contributed by atoms with E-state index in [1.165, 1.54) is 6.21 Å². The van der Waals surface area contributed by atoms with Crippen LogP contribution in [0.15, 0.2) is 41.5 Å². The lowest BCUT2D eigenvalue weighted by atomic mass is 10.1. The van der Waals surface area contributed by atoms with Gasteiger partial charge in [-0.1, -0.05) is 6.07 Å². The average Bonchev–Trinajstić information content (AvgIpc) is 2.59. The van der Waals surface area contributed by atoms with Crippen LogP contribution in [-0.2, 0) is 4.79 Å². The molecule has 0 spiro atoms. The number of hydrazone groups is 1. The van der Waals surface area contributed by atoms with Gasteiger partial charge in [-0.3, -0.25) is 4.79 Å². The van der Waals surface area contributed by atoms with Crippen LogP contribution in [0.5, 0.6) is 17.2 Å². The standard InChI is InChI=1S/C19H22N2O4/c1-13-7-14(2)9-17(8-13)25-12-19(22)21-20-11-15-10-16(23-3)5-6-18(15)24-4/h5-11H,12H2,1-4H3,(H,21,22)/b20-11+. The third-order valence-electron chi connectivity index (χ3n) is 3.39. The van der Waals surface area contributed by atoms with Crippen molar-refractivity contribution in [1.29, 1.82) is 0 Å². The van der Waals surface area contributed by atoms with Gasteiger partial charge in [-0.05, 0) is 55.3 Å². The third-order valence-corrected chi connectivity index (χ3v) is 3.39. The van der Waals surface area contributed by atoms with Crippen molar-refractivity contribution >= 4 is 12.1 Å². The number of benzene rings is 2. The predicted octanol–water partition coefficient (Wildman–Crippen LogP) is 2.85. The zero-order valence-electron chi connectivity index (χ0n) is 14.8. The van der Waals surface area contributed by atoms with Crippen LogP contribution in [0.1, 0.15) is 16.7 Å². The molecule has 0 saturated heterocycles. The van der Waals surface area contributed by atoms with Gasteiger partial charge in [0.05, 0.1) is 20.4 Å². The lowest BCUT2D eigenvalue weighted by molar-refractivity contribution is -0.123. The second kappa shape index (κ2) is 8.73. The number of rotatable bonds is 7. The number of aryl methyl sites for hydroxylation is 2. The fraction of sp³-hybridized carbons (Fsp3) is 0.263. The van der Waals surface area contributed by atoms with Crippen LogP contribution in [-0.4, -0.2) is 32.9 Å². The summed E-state index contributed by atoms with van der Waals surface area (Å²) in [4.78, 5) is 11.8. The molecule has 25 heavy (non-hydrogen) atoms. The molecule has 132 valence electrons. The Balaban J connectivity index is 1.92. The predicted molar refractivity (Wildman–Crippen MR) is 96.7 cm³/mol. The number of nitrogens with one attached hydrogen (secondary N) is 1. The molecule has 0 heterocycles. The maximum atomic E-state index is 11.8. The molecule has 0 aliphatic rings. The van der Waals surface area contributed by atoms with Crippen LogP contribution in [0, 0.1) is 13.8 Å². The summed E-state index contributed by atoms with van der Waals surface area (Å²) in [6, 6.07) is 11.1. The van der Waals surface area contributed by atoms with Gasteiger partial charge >= 0.3 is 0 Å². The number of nitrogens with zero attached hydrogens (tertiary/aromatic N) is 1. The highest BCUT2D eigenvalue weighted by Gasteiger charge is 2.05. The van der Waals surface area contributed by atoms with Gasteiger partial charge in [0, 0.05) is 5.56 Å². The number of ether oxygens (including phenoxy) is 3. The smallest absolute Gasteiger partial charge is 0.277 e. The summed E-state index contributed by atoms with van der Waals surface area (Å²) in [6.07, 6.45) is 1.50. The molecule has 0 fully saturated rings. The molecule has 6 nitrogen and oxygen atoms in total. The largest absolute Gasteiger partial charge is 0.497 e. The van der Waals surface area contributed by atoms with Crippen LogP contribution in [0.4, 0.5) is 0 Å². The minimum absolute atomic E-state index is 0.116. The second-order valence-electron chi connectivity index (χ2n) is 5.51. The molecule has 0 aliphatic heterocycles. The molecule has 2 aromatic rings. The highest BCUT2D eigenvalue weighted by atomic mass is 16.5. The summed E-state index contributed by atoms with van der Waals surface area (Å²) < 4.78 is 15.9. The number of amides is 1. The van der Waals surface area contributed by atoms with Crippen molar-refractivity contribution in [2.45, 2.75) is 13.8 Å². The lowest BCUT2D eigenvalue weighted by Crippen LogP contribution is -2.24. The van der Waals surface area contributed by atoms with Gasteiger partial charge in [-0.15, -0.1) is 0 Å². The van der Waals surface area contributed by atoms with E-state index in [0.29, 0.717) is 22.8 Å². The Morgan fingerprint density at radius 1 is 1.04 bits per heavy atom. The minimum atomic E-state index is -0.350. The molecule has 0 aromatic heterocycles. The number of carbonyl (C=O) groups excluding carboxylic acids is 1. The Kier molecular flexibility index (Phi) is 6.39. The zero-order valence-corrected chi connectivity index (χ0v) is 14.8. The molecule has 0 saturated carbocycles. The van der Waals surface area contributed by atoms with Crippen LogP contribution in [0.25, 0.3) is 0 Å². The maximum Gasteiger partial charge on any atom is 0.277 e. The SMILES string of the molecule is COc1ccc(OC)c(/C=N/NC(=O)COc2cc(C)cc(C)c2)c1. The minimum Gasteiger partial charge on any atom is -0.497 e. The van der Waals surface area contributed by atoms with Crippen molar-refractivity contribution in [3.05, 3.63) is 53.1 Å². The molecular formula is C19H22N2O4. The van der Waals surface area contributed by atoms with E-state index >= 15 is 0 Å². The molecule has 6 heteroatoms. The number of methoxy groups -OCH3 is 2. The Morgan fingerprint density at radius 3 is 2.40 bits per heavy atom. The monoisotopic (exact) mass is 342 g/mol. The first-order chi connectivity index (χ1) is 12.0. The van der Waals surface area contributed by atoms with Gasteiger partial charge in [0.1, 0.15) is 17.2 Å². The van der Waals surface area contributed by atoms with E-state index in [1.807, 2.05) is 32.0 Å². The fourth-order valence-electron chi connectivity index (χ4n) is 2.31. The Labute approximate surface area is 147 Å². The summed E-state index contributed by atoms with van der Waals surface area (Å²) in [5.74, 6) is 1.61. The van der Waals surface area contributed by atoms with Crippen molar-refractivity contribution in [2.75, 3.05) is 20.8 Å². The molecule has 1 N–H and O–H groups in total. The Bertz CT molecular complexity index is 752. The molecule has 0 unspecified atom stereocenters. The first-order valence-corrected chi connectivity index (χ1v) is 7.77. The van der Waals surface area contributed by atoms with Gasteiger partial charge in [-0.2, -0.15) is 5.10 Å². The first-order valence-electron chi connectivity index (χ1n) is 7.77. The zero-order chi connectivity index (χ0) is 18.2. The Hall–Kier alpha value is -3.02. The topological polar surface area (TPSA) is 69.2 Å². The summed E-state index contributed by atoms with van der Waals surface area (Å²) >= 11 is 0. The van der Waals surface area contributed by atoms with Crippen LogP contribution >= 0.6 is 0 Å². The lowest BCUT2D eigenvalue weighted by Gasteiger charge is -2.08. The van der Waals surface area contributed by atoms with Gasteiger partial charge in [0.15, 0.2) is 6.61 Å². The number of hydrogen-bond acceptors (Lipinski definition) is 5. The average molecular weight is 342 g/mol. The van der Waals surface area contributed by atoms with Gasteiger partial charge in [0.25, 0.3) is 5.91 Å². The highest BCUT2D eigenvalue weighted by Crippen LogP contribution is 2.22. The summed E-state index contributed by atoms with van der Waals surface area (Å²) in [5.41, 5.74) is 5.28. The molecular weight excluding hydrogens is 320 g/mol. The van der Waals surface area contributed by atoms with Crippen molar-refractivity contribution in [1.82, 2.24) is 5.43 Å². The molecule has 0 bridgehead atoms. The van der Waals surface area contributed by atoms with E-state index in [4.69, 9.17) is 14.2 Å². The maximum absolute atomic E-state index is 11.8. The highest BCUT2D eigenvalue weighted by molar-refractivity contribution is 5.86. The van der Waals surface area contributed by atoms with Crippen LogP contribution in [0.3, 0.4) is 0 Å². The Morgan fingerprint density at radius 2 is 1.76 bits per heavy atom. The van der Waals surface area contributed by atoms with Gasteiger partial charge in [-0.25, -0.2) is 5.43 Å². The number of hydrogen-bond donors (Lipinski definition) is 1. The van der Waals surface area contributed by atoms with E-state index in [2.05, 4.69) is 10.5 Å². The van der Waals surface area contributed by atoms with Crippen LogP contribution in [0.2, 0.25) is 0 Å². The fourth-order valence-corrected chi connectivity index (χ4v) is 2.31. The first kappa shape index (κ1) is 18.3. The van der Waals surface area contributed by atoms with Gasteiger partial charge < -0.3 is 14.2 Å². The van der Waals surface area contributed by atoms with Crippen molar-refractivity contribution in [3.63, 3.8) is 0 Å². The molecule has 1 amide bonds. The molecule has 0 radical (unpaired) electrons. The second-order valence-corrected chi connectivity index (χ2v) is 5.51. The molecule has 2 aromatic carbocycles. The van der Waals surface area contributed by atoms with Crippen LogP contribution < -0.4 is 19.6 Å². The molecule has 2 rings (SSSR count). The van der Waals surface area contributed by atoms with Crippen molar-refractivity contribution in [2.24, 2.45) is 5.10 Å². The third kappa shape index (κ3) is 5.53. The molecule has 0 aliphatic carbocycles. The van der Waals surface area contributed by atoms with E-state index < -0.39 is 0 Å². The quantitative estimate of drug-likeness (QED) is 0.620. The summed E-state index contributed by atoms with van der Waals surface area (Å²) in [6.45, 7) is 3.84. The van der Waals surface area contributed by atoms with Crippen molar-refractivity contribution in [3.8, 4) is 17.2 Å². The van der Waals surface area contributed by atoms with Crippen molar-refractivity contribution < 1.29 is 19.0 Å². The van der Waals surface area contributed by atoms with E-state index in [-0.39, 0.29) is 12.5 Å². The van der Waals surface area contributed by atoms with E-state index in [9.17, 15) is 4.79 Å². The normalized spacial score (nSPS) is 10.6. The number of carbonyl (C=O) groups is 1. The van der Waals surface area contributed by atoms with E-state index in [0.717, 1.165) is 11.1 Å². The summed E-state index contributed by atoms with van der Waals surface area (Å²) in [7, 11) is 3.14. The van der Waals surface area contributed by atoms with Gasteiger partial charge in [0.2, 0.25) is 0 Å². The molecule has 0 atom stereocenters.